The minimum absolute atomic E-state index is 0.136. The minimum Gasteiger partial charge on any atom is -0.489 e. The van der Waals surface area contributed by atoms with Crippen LogP contribution in [0.5, 0.6) is 5.75 Å². The van der Waals surface area contributed by atoms with Crippen LogP contribution in [0.15, 0.2) is 33.4 Å². The summed E-state index contributed by atoms with van der Waals surface area (Å²) in [5.74, 6) is 0.585. The Hall–Kier alpha value is -1.37. The van der Waals surface area contributed by atoms with Gasteiger partial charge in [-0.1, -0.05) is 6.07 Å². The molecule has 112 valence electrons. The Kier molecular flexibility index (Phi) is 5.78. The lowest BCUT2D eigenvalue weighted by molar-refractivity contribution is 0.0954. The smallest absolute Gasteiger partial charge is 0.251 e. The number of benzene rings is 1. The van der Waals surface area contributed by atoms with Crippen molar-refractivity contribution >= 4 is 33.2 Å². The quantitative estimate of drug-likeness (QED) is 0.823. The molecule has 0 aliphatic heterocycles. The highest BCUT2D eigenvalue weighted by molar-refractivity contribution is 9.11. The summed E-state index contributed by atoms with van der Waals surface area (Å²) in [6.07, 6.45) is 0. The second-order valence-electron chi connectivity index (χ2n) is 4.57. The molecule has 0 saturated heterocycles. The van der Waals surface area contributed by atoms with Gasteiger partial charge in [0.15, 0.2) is 0 Å². The lowest BCUT2D eigenvalue weighted by atomic mass is 10.1. The van der Waals surface area contributed by atoms with Crippen LogP contribution in [0, 0.1) is 6.92 Å². The normalized spacial score (nSPS) is 10.4. The largest absolute Gasteiger partial charge is 0.489 e. The molecule has 0 bridgehead atoms. The fourth-order valence-corrected chi connectivity index (χ4v) is 2.96. The third-order valence-corrected chi connectivity index (χ3v) is 4.45. The van der Waals surface area contributed by atoms with Gasteiger partial charge in [-0.2, -0.15) is 0 Å². The number of rotatable bonds is 6. The van der Waals surface area contributed by atoms with Crippen LogP contribution in [0.2, 0.25) is 0 Å². The van der Waals surface area contributed by atoms with Crippen molar-refractivity contribution in [1.29, 1.82) is 0 Å². The minimum atomic E-state index is -0.136. The summed E-state index contributed by atoms with van der Waals surface area (Å²) < 4.78 is 6.89. The monoisotopic (exact) mass is 368 g/mol. The molecule has 21 heavy (non-hydrogen) atoms. The lowest BCUT2D eigenvalue weighted by Gasteiger charge is -2.10. The number of carbonyl (C=O) groups excluding carboxylic acids is 1. The molecular formula is C15H17BrN2O2S. The molecule has 0 aliphatic carbocycles. The van der Waals surface area contributed by atoms with E-state index in [9.17, 15) is 4.79 Å². The summed E-state index contributed by atoms with van der Waals surface area (Å²) in [6, 6.07) is 7.46. The first-order chi connectivity index (χ1) is 10.1. The second kappa shape index (κ2) is 7.59. The maximum atomic E-state index is 11.9. The summed E-state index contributed by atoms with van der Waals surface area (Å²) in [4.78, 5) is 11.9. The van der Waals surface area contributed by atoms with Gasteiger partial charge < -0.3 is 15.8 Å². The van der Waals surface area contributed by atoms with Crippen molar-refractivity contribution < 1.29 is 9.53 Å². The molecule has 6 heteroatoms. The first-order valence-corrected chi connectivity index (χ1v) is 8.22. The SMILES string of the molecule is Cc1ccc(C(=O)NCCN)cc1OCc1csc(Br)c1. The van der Waals surface area contributed by atoms with Crippen molar-refractivity contribution in [2.45, 2.75) is 13.5 Å². The predicted molar refractivity (Wildman–Crippen MR) is 88.9 cm³/mol. The van der Waals surface area contributed by atoms with E-state index in [2.05, 4.69) is 21.2 Å². The first-order valence-electron chi connectivity index (χ1n) is 6.55. The number of ether oxygens (including phenoxy) is 1. The van der Waals surface area contributed by atoms with Gasteiger partial charge in [-0.25, -0.2) is 0 Å². The topological polar surface area (TPSA) is 64.4 Å². The predicted octanol–water partition coefficient (Wildman–Crippen LogP) is 3.09. The van der Waals surface area contributed by atoms with Crippen LogP contribution in [0.4, 0.5) is 0 Å². The lowest BCUT2D eigenvalue weighted by Crippen LogP contribution is -2.28. The molecule has 0 aliphatic rings. The van der Waals surface area contributed by atoms with Crippen LogP contribution in [0.3, 0.4) is 0 Å². The number of thiophene rings is 1. The van der Waals surface area contributed by atoms with Gasteiger partial charge in [0.05, 0.1) is 3.79 Å². The Morgan fingerprint density at radius 3 is 2.90 bits per heavy atom. The van der Waals surface area contributed by atoms with Crippen molar-refractivity contribution in [2.75, 3.05) is 13.1 Å². The van der Waals surface area contributed by atoms with Crippen LogP contribution in [-0.2, 0) is 6.61 Å². The molecule has 0 fully saturated rings. The van der Waals surface area contributed by atoms with E-state index in [1.165, 1.54) is 0 Å². The molecule has 4 nitrogen and oxygen atoms in total. The van der Waals surface area contributed by atoms with E-state index in [4.69, 9.17) is 10.5 Å². The molecule has 1 amide bonds. The van der Waals surface area contributed by atoms with Crippen molar-refractivity contribution in [3.05, 3.63) is 50.1 Å². The Balaban J connectivity index is 2.06. The second-order valence-corrected chi connectivity index (χ2v) is 6.86. The summed E-state index contributed by atoms with van der Waals surface area (Å²) in [6.45, 7) is 3.33. The number of nitrogens with one attached hydrogen (secondary N) is 1. The van der Waals surface area contributed by atoms with E-state index < -0.39 is 0 Å². The van der Waals surface area contributed by atoms with E-state index in [0.717, 1.165) is 20.7 Å². The highest BCUT2D eigenvalue weighted by Crippen LogP contribution is 2.24. The first kappa shape index (κ1) is 16.0. The molecule has 0 unspecified atom stereocenters. The van der Waals surface area contributed by atoms with Crippen LogP contribution in [0.1, 0.15) is 21.5 Å². The van der Waals surface area contributed by atoms with E-state index in [1.54, 1.807) is 23.5 Å². The van der Waals surface area contributed by atoms with E-state index in [-0.39, 0.29) is 5.91 Å². The maximum absolute atomic E-state index is 11.9. The Morgan fingerprint density at radius 2 is 2.24 bits per heavy atom. The molecule has 1 aromatic heterocycles. The van der Waals surface area contributed by atoms with E-state index in [0.29, 0.717) is 25.3 Å². The van der Waals surface area contributed by atoms with Gasteiger partial charge in [0.1, 0.15) is 12.4 Å². The Labute approximate surface area is 136 Å². The molecule has 0 saturated carbocycles. The molecular weight excluding hydrogens is 352 g/mol. The Morgan fingerprint density at radius 1 is 1.43 bits per heavy atom. The third-order valence-electron chi connectivity index (χ3n) is 2.90. The fourth-order valence-electron chi connectivity index (χ4n) is 1.77. The number of halogens is 1. The van der Waals surface area contributed by atoms with Gasteiger partial charge in [0.25, 0.3) is 5.91 Å². The van der Waals surface area contributed by atoms with Gasteiger partial charge in [0, 0.05) is 24.2 Å². The van der Waals surface area contributed by atoms with Crippen molar-refractivity contribution in [3.63, 3.8) is 0 Å². The number of nitrogens with two attached hydrogens (primary N) is 1. The zero-order valence-electron chi connectivity index (χ0n) is 11.7. The van der Waals surface area contributed by atoms with Crippen molar-refractivity contribution in [3.8, 4) is 5.75 Å². The molecule has 0 spiro atoms. The van der Waals surface area contributed by atoms with Crippen LogP contribution < -0.4 is 15.8 Å². The van der Waals surface area contributed by atoms with Crippen LogP contribution in [-0.4, -0.2) is 19.0 Å². The molecule has 0 atom stereocenters. The Bertz CT molecular complexity index is 628. The molecule has 0 radical (unpaired) electrons. The number of hydrogen-bond acceptors (Lipinski definition) is 4. The average molecular weight is 369 g/mol. The van der Waals surface area contributed by atoms with Crippen molar-refractivity contribution in [1.82, 2.24) is 5.32 Å². The van der Waals surface area contributed by atoms with Crippen LogP contribution >= 0.6 is 27.3 Å². The summed E-state index contributed by atoms with van der Waals surface area (Å²) in [7, 11) is 0. The maximum Gasteiger partial charge on any atom is 0.251 e. The van der Waals surface area contributed by atoms with Crippen molar-refractivity contribution in [2.24, 2.45) is 5.73 Å². The van der Waals surface area contributed by atoms with Gasteiger partial charge >= 0.3 is 0 Å². The molecule has 3 N–H and O–H groups in total. The zero-order chi connectivity index (χ0) is 15.2. The number of amides is 1. The summed E-state index contributed by atoms with van der Waals surface area (Å²) >= 11 is 5.05. The number of aryl methyl sites for hydroxylation is 1. The highest BCUT2D eigenvalue weighted by atomic mass is 79.9. The molecule has 2 aromatic rings. The highest BCUT2D eigenvalue weighted by Gasteiger charge is 2.09. The van der Waals surface area contributed by atoms with Gasteiger partial charge in [-0.3, -0.25) is 4.79 Å². The van der Waals surface area contributed by atoms with Gasteiger partial charge in [0.2, 0.25) is 0 Å². The molecule has 1 aromatic carbocycles. The van der Waals surface area contributed by atoms with E-state index >= 15 is 0 Å². The zero-order valence-corrected chi connectivity index (χ0v) is 14.1. The van der Waals surface area contributed by atoms with E-state index in [1.807, 2.05) is 24.4 Å². The van der Waals surface area contributed by atoms with Crippen LogP contribution in [0.25, 0.3) is 0 Å². The van der Waals surface area contributed by atoms with Gasteiger partial charge in [-0.15, -0.1) is 11.3 Å². The average Bonchev–Trinajstić information content (AvgIpc) is 2.89. The standard InChI is InChI=1S/C15H17BrN2O2S/c1-10-2-3-12(15(19)18-5-4-17)7-13(10)20-8-11-6-14(16)21-9-11/h2-3,6-7,9H,4-5,8,17H2,1H3,(H,18,19). The molecule has 1 heterocycles. The summed E-state index contributed by atoms with van der Waals surface area (Å²) in [5, 5.41) is 4.79. The van der Waals surface area contributed by atoms with Gasteiger partial charge in [-0.05, 0) is 52.0 Å². The third kappa shape index (κ3) is 4.56. The number of hydrogen-bond donors (Lipinski definition) is 2. The summed E-state index contributed by atoms with van der Waals surface area (Å²) in [5.41, 5.74) is 8.06. The molecule has 2 rings (SSSR count). The number of carbonyl (C=O) groups is 1. The fraction of sp³-hybridized carbons (Fsp3) is 0.267.